The monoisotopic (exact) mass is 521 g/mol. The Balaban J connectivity index is 2.99. The van der Waals surface area contributed by atoms with Gasteiger partial charge in [-0.25, -0.2) is 4.79 Å². The van der Waals surface area contributed by atoms with Crippen LogP contribution in [0.3, 0.4) is 0 Å². The zero-order valence-electron chi connectivity index (χ0n) is 21.4. The maximum absolute atomic E-state index is 13.1. The van der Waals surface area contributed by atoms with Crippen LogP contribution in [0.1, 0.15) is 39.2 Å². The van der Waals surface area contributed by atoms with E-state index in [1.165, 1.54) is 6.92 Å². The Morgan fingerprint density at radius 2 is 1.51 bits per heavy atom. The van der Waals surface area contributed by atoms with Gasteiger partial charge in [-0.15, -0.1) is 0 Å². The molecule has 5 unspecified atom stereocenters. The summed E-state index contributed by atoms with van der Waals surface area (Å²) >= 11 is 0. The number of carbonyl (C=O) groups is 4. The molecule has 0 heterocycles. The van der Waals surface area contributed by atoms with Crippen LogP contribution in [0.25, 0.3) is 0 Å². The predicted octanol–water partition coefficient (Wildman–Crippen LogP) is -1.81. The standard InChI is InChI=1S/C24H39N7O6/c1-13(2)18(23(36)37)30-21(34)17(12-15-8-5-4-6-9-15)29-22(35)19(14(3)32)31-20(33)16(25)10-7-11-28-24(26)27/h4-6,8-9,13-14,16-19,32H,7,10-12,25H2,1-3H3,(H,29,35)(H,30,34)(H,31,33)(H,36,37)(H4,26,27,28). The molecule has 5 atom stereocenters. The minimum absolute atomic E-state index is 0.0492. The van der Waals surface area contributed by atoms with Crippen molar-refractivity contribution < 1.29 is 29.4 Å². The third kappa shape index (κ3) is 11.3. The number of guanidine groups is 1. The van der Waals surface area contributed by atoms with Gasteiger partial charge in [-0.2, -0.15) is 0 Å². The van der Waals surface area contributed by atoms with E-state index in [-0.39, 0.29) is 25.3 Å². The summed E-state index contributed by atoms with van der Waals surface area (Å²) in [6.07, 6.45) is -0.631. The first-order valence-corrected chi connectivity index (χ1v) is 12.0. The summed E-state index contributed by atoms with van der Waals surface area (Å²) in [5.41, 5.74) is 17.1. The number of benzene rings is 1. The summed E-state index contributed by atoms with van der Waals surface area (Å²) in [6.45, 7) is 4.86. The van der Waals surface area contributed by atoms with Crippen LogP contribution in [0.2, 0.25) is 0 Å². The molecule has 0 bridgehead atoms. The molecular weight excluding hydrogens is 482 g/mol. The molecule has 0 aliphatic heterocycles. The molecule has 11 N–H and O–H groups in total. The zero-order chi connectivity index (χ0) is 28.1. The average molecular weight is 522 g/mol. The number of carboxylic acid groups (broad SMARTS) is 1. The Bertz CT molecular complexity index is 935. The Morgan fingerprint density at radius 1 is 0.919 bits per heavy atom. The van der Waals surface area contributed by atoms with Crippen LogP contribution in [0.15, 0.2) is 35.3 Å². The second kappa shape index (κ2) is 15.4. The highest BCUT2D eigenvalue weighted by Crippen LogP contribution is 2.08. The lowest BCUT2D eigenvalue weighted by Gasteiger charge is -2.27. The molecule has 0 aliphatic rings. The summed E-state index contributed by atoms with van der Waals surface area (Å²) in [6, 6.07) is 4.04. The van der Waals surface area contributed by atoms with E-state index in [2.05, 4.69) is 20.9 Å². The molecule has 13 heteroatoms. The number of nitrogens with zero attached hydrogens (tertiary/aromatic N) is 1. The molecule has 0 saturated carbocycles. The van der Waals surface area contributed by atoms with Crippen molar-refractivity contribution in [1.82, 2.24) is 16.0 Å². The van der Waals surface area contributed by atoms with Gasteiger partial charge in [0.15, 0.2) is 5.96 Å². The van der Waals surface area contributed by atoms with E-state index in [0.717, 1.165) is 0 Å². The average Bonchev–Trinajstić information content (AvgIpc) is 2.82. The second-order valence-corrected chi connectivity index (χ2v) is 9.10. The number of nitrogens with two attached hydrogens (primary N) is 3. The van der Waals surface area contributed by atoms with Crippen molar-refractivity contribution in [3.05, 3.63) is 35.9 Å². The minimum Gasteiger partial charge on any atom is -0.480 e. The summed E-state index contributed by atoms with van der Waals surface area (Å²) < 4.78 is 0. The highest BCUT2D eigenvalue weighted by Gasteiger charge is 2.33. The summed E-state index contributed by atoms with van der Waals surface area (Å²) in [5.74, 6) is -3.93. The van der Waals surface area contributed by atoms with Gasteiger partial charge in [0, 0.05) is 13.0 Å². The molecule has 3 amide bonds. The summed E-state index contributed by atoms with van der Waals surface area (Å²) in [5, 5.41) is 27.0. The molecule has 206 valence electrons. The van der Waals surface area contributed by atoms with Crippen molar-refractivity contribution in [2.45, 2.75) is 70.3 Å². The quantitative estimate of drug-likeness (QED) is 0.0736. The minimum atomic E-state index is -1.41. The van der Waals surface area contributed by atoms with Gasteiger partial charge in [0.1, 0.15) is 18.1 Å². The molecule has 0 radical (unpaired) electrons. The largest absolute Gasteiger partial charge is 0.480 e. The predicted molar refractivity (Wildman–Crippen MR) is 138 cm³/mol. The molecule has 1 aromatic rings. The number of nitrogens with one attached hydrogen (secondary N) is 3. The Morgan fingerprint density at radius 3 is 2.03 bits per heavy atom. The number of amides is 3. The molecule has 0 fully saturated rings. The van der Waals surface area contributed by atoms with Crippen LogP contribution >= 0.6 is 0 Å². The molecule has 1 aromatic carbocycles. The number of hydrogen-bond acceptors (Lipinski definition) is 7. The lowest BCUT2D eigenvalue weighted by Crippen LogP contribution is -2.60. The molecule has 0 aromatic heterocycles. The molecular formula is C24H39N7O6. The van der Waals surface area contributed by atoms with Gasteiger partial charge in [-0.1, -0.05) is 44.2 Å². The first-order chi connectivity index (χ1) is 17.3. The van der Waals surface area contributed by atoms with Gasteiger partial charge in [-0.3, -0.25) is 19.4 Å². The van der Waals surface area contributed by atoms with E-state index >= 15 is 0 Å². The number of carbonyl (C=O) groups excluding carboxylic acids is 3. The smallest absolute Gasteiger partial charge is 0.326 e. The second-order valence-electron chi connectivity index (χ2n) is 9.10. The van der Waals surface area contributed by atoms with E-state index in [0.29, 0.717) is 12.0 Å². The van der Waals surface area contributed by atoms with E-state index < -0.39 is 59.9 Å². The molecule has 13 nitrogen and oxygen atoms in total. The van der Waals surface area contributed by atoms with Crippen LogP contribution < -0.4 is 33.2 Å². The number of carboxylic acids is 1. The highest BCUT2D eigenvalue weighted by molar-refractivity contribution is 5.94. The maximum atomic E-state index is 13.1. The Kier molecular flexibility index (Phi) is 13.0. The Labute approximate surface area is 216 Å². The number of aliphatic hydroxyl groups is 1. The van der Waals surface area contributed by atoms with Gasteiger partial charge in [0.05, 0.1) is 12.1 Å². The van der Waals surface area contributed by atoms with Crippen molar-refractivity contribution >= 4 is 29.7 Å². The first kappa shape index (κ1) is 31.3. The zero-order valence-corrected chi connectivity index (χ0v) is 21.4. The number of rotatable bonds is 15. The van der Waals surface area contributed by atoms with Crippen LogP contribution in [-0.4, -0.2) is 76.7 Å². The fourth-order valence-corrected chi connectivity index (χ4v) is 3.40. The fraction of sp³-hybridized carbons (Fsp3) is 0.542. The SMILES string of the molecule is CC(C)C(NC(=O)C(Cc1ccccc1)NC(=O)C(NC(=O)C(N)CCCN=C(N)N)C(C)O)C(=O)O. The molecule has 1 rings (SSSR count). The topological polar surface area (TPSA) is 235 Å². The van der Waals surface area contributed by atoms with E-state index in [4.69, 9.17) is 17.2 Å². The van der Waals surface area contributed by atoms with Crippen molar-refractivity contribution in [1.29, 1.82) is 0 Å². The van der Waals surface area contributed by atoms with Gasteiger partial charge < -0.3 is 43.4 Å². The van der Waals surface area contributed by atoms with E-state index in [1.54, 1.807) is 44.2 Å². The van der Waals surface area contributed by atoms with Gasteiger partial charge in [0.2, 0.25) is 17.7 Å². The number of aliphatic hydroxyl groups excluding tert-OH is 1. The van der Waals surface area contributed by atoms with Crippen molar-refractivity contribution in [3.8, 4) is 0 Å². The number of aliphatic carboxylic acids is 1. The number of aliphatic imine (C=N–C) groups is 1. The summed E-state index contributed by atoms with van der Waals surface area (Å²) in [7, 11) is 0. The first-order valence-electron chi connectivity index (χ1n) is 12.0. The molecule has 37 heavy (non-hydrogen) atoms. The summed E-state index contributed by atoms with van der Waals surface area (Å²) in [4.78, 5) is 54.0. The lowest BCUT2D eigenvalue weighted by atomic mass is 10.0. The van der Waals surface area contributed by atoms with Crippen LogP contribution in [0.4, 0.5) is 0 Å². The third-order valence-electron chi connectivity index (χ3n) is 5.51. The lowest BCUT2D eigenvalue weighted by molar-refractivity contribution is -0.143. The van der Waals surface area contributed by atoms with Crippen LogP contribution in [0, 0.1) is 5.92 Å². The Hall–Kier alpha value is -3.71. The third-order valence-corrected chi connectivity index (χ3v) is 5.51. The highest BCUT2D eigenvalue weighted by atomic mass is 16.4. The van der Waals surface area contributed by atoms with Gasteiger partial charge in [0.25, 0.3) is 0 Å². The van der Waals surface area contributed by atoms with E-state index in [9.17, 15) is 29.4 Å². The number of hydrogen-bond donors (Lipinski definition) is 8. The van der Waals surface area contributed by atoms with Gasteiger partial charge in [-0.05, 0) is 31.2 Å². The van der Waals surface area contributed by atoms with Crippen LogP contribution in [-0.2, 0) is 25.6 Å². The molecule has 0 spiro atoms. The maximum Gasteiger partial charge on any atom is 0.326 e. The molecule has 0 aliphatic carbocycles. The van der Waals surface area contributed by atoms with Crippen LogP contribution in [0.5, 0.6) is 0 Å². The van der Waals surface area contributed by atoms with E-state index in [1.807, 2.05) is 0 Å². The van der Waals surface area contributed by atoms with Gasteiger partial charge >= 0.3 is 5.97 Å². The molecule has 0 saturated heterocycles. The van der Waals surface area contributed by atoms with Crippen molar-refractivity contribution in [3.63, 3.8) is 0 Å². The normalized spacial score (nSPS) is 15.0. The van der Waals surface area contributed by atoms with Crippen molar-refractivity contribution in [2.75, 3.05) is 6.54 Å². The van der Waals surface area contributed by atoms with Crippen molar-refractivity contribution in [2.24, 2.45) is 28.1 Å². The fourth-order valence-electron chi connectivity index (χ4n) is 3.40.